The van der Waals surface area contributed by atoms with Crippen molar-refractivity contribution in [1.29, 1.82) is 0 Å². The molecule has 116 valence electrons. The van der Waals surface area contributed by atoms with Gasteiger partial charge >= 0.3 is 0 Å². The molecule has 0 spiro atoms. The number of nitrogens with zero attached hydrogens (tertiary/aromatic N) is 1. The van der Waals surface area contributed by atoms with Crippen LogP contribution in [-0.2, 0) is 4.79 Å². The van der Waals surface area contributed by atoms with E-state index in [2.05, 4.69) is 37.3 Å². The summed E-state index contributed by atoms with van der Waals surface area (Å²) in [6.07, 6.45) is 12.7. The first-order valence-electron chi connectivity index (χ1n) is 8.75. The molecule has 0 saturated heterocycles. The second-order valence-electron chi connectivity index (χ2n) is 7.53. The third-order valence-electron chi connectivity index (χ3n) is 6.16. The van der Waals surface area contributed by atoms with Crippen molar-refractivity contribution in [2.45, 2.75) is 39.0 Å². The van der Waals surface area contributed by atoms with Crippen molar-refractivity contribution in [1.82, 2.24) is 0 Å². The lowest BCUT2D eigenvalue weighted by molar-refractivity contribution is -0.124. The topological polar surface area (TPSA) is 20.3 Å². The molecule has 1 aromatic carbocycles. The van der Waals surface area contributed by atoms with E-state index in [0.717, 1.165) is 23.4 Å². The SMILES string of the molecule is C[C@@]12C[C@H]3CCCCC3=CC1=C1C=Cc3ccccc3N1C2=O. The van der Waals surface area contributed by atoms with Crippen LogP contribution in [0.2, 0.25) is 0 Å². The molecule has 1 saturated carbocycles. The summed E-state index contributed by atoms with van der Waals surface area (Å²) in [5, 5.41) is 0. The van der Waals surface area contributed by atoms with E-state index in [1.54, 1.807) is 5.57 Å². The van der Waals surface area contributed by atoms with E-state index in [0.29, 0.717) is 5.92 Å². The molecule has 0 radical (unpaired) electrons. The highest BCUT2D eigenvalue weighted by Crippen LogP contribution is 2.55. The Hall–Kier alpha value is -2.09. The predicted molar refractivity (Wildman–Crippen MR) is 92.8 cm³/mol. The van der Waals surface area contributed by atoms with E-state index in [1.807, 2.05) is 17.0 Å². The molecule has 2 heterocycles. The third kappa shape index (κ3) is 1.67. The first-order chi connectivity index (χ1) is 11.2. The molecular formula is C21H21NO. The van der Waals surface area contributed by atoms with Crippen molar-refractivity contribution in [3.63, 3.8) is 0 Å². The summed E-state index contributed by atoms with van der Waals surface area (Å²) in [7, 11) is 0. The van der Waals surface area contributed by atoms with Crippen LogP contribution in [0.25, 0.3) is 6.08 Å². The molecule has 2 heteroatoms. The standard InChI is InChI=1S/C21H21NO/c1-21-13-16-8-3-2-7-15(16)12-17(21)19-11-10-14-6-4-5-9-18(14)22(19)20(21)23/h4-6,9-12,16H,2-3,7-8,13H2,1H3/t16-,21-/m1/s1. The summed E-state index contributed by atoms with van der Waals surface area (Å²) >= 11 is 0. The van der Waals surface area contributed by atoms with Gasteiger partial charge in [0.25, 0.3) is 0 Å². The molecule has 2 aliphatic heterocycles. The lowest BCUT2D eigenvalue weighted by atomic mass is 9.65. The average molecular weight is 303 g/mol. The zero-order chi connectivity index (χ0) is 15.6. The van der Waals surface area contributed by atoms with Crippen LogP contribution >= 0.6 is 0 Å². The second-order valence-corrected chi connectivity index (χ2v) is 7.53. The van der Waals surface area contributed by atoms with Crippen molar-refractivity contribution in [2.24, 2.45) is 11.3 Å². The fraction of sp³-hybridized carbons (Fsp3) is 0.381. The summed E-state index contributed by atoms with van der Waals surface area (Å²) < 4.78 is 0. The quantitative estimate of drug-likeness (QED) is 0.671. The van der Waals surface area contributed by atoms with E-state index < -0.39 is 0 Å². The van der Waals surface area contributed by atoms with Crippen LogP contribution < -0.4 is 4.90 Å². The van der Waals surface area contributed by atoms with Gasteiger partial charge in [0.05, 0.1) is 16.8 Å². The first-order valence-corrected chi connectivity index (χ1v) is 8.75. The lowest BCUT2D eigenvalue weighted by Crippen LogP contribution is -2.39. The number of rotatable bonds is 0. The van der Waals surface area contributed by atoms with Gasteiger partial charge in [-0.15, -0.1) is 0 Å². The molecular weight excluding hydrogens is 282 g/mol. The molecule has 23 heavy (non-hydrogen) atoms. The van der Waals surface area contributed by atoms with Gasteiger partial charge in [-0.25, -0.2) is 0 Å². The maximum absolute atomic E-state index is 13.4. The average Bonchev–Trinajstić information content (AvgIpc) is 2.81. The van der Waals surface area contributed by atoms with E-state index in [4.69, 9.17) is 0 Å². The molecule has 5 rings (SSSR count). The molecule has 0 unspecified atom stereocenters. The molecule has 2 nitrogen and oxygen atoms in total. The Kier molecular flexibility index (Phi) is 2.60. The third-order valence-corrected chi connectivity index (χ3v) is 6.16. The number of benzene rings is 1. The van der Waals surface area contributed by atoms with Gasteiger partial charge in [0, 0.05) is 0 Å². The number of fused-ring (bicyclic) bond motifs is 5. The van der Waals surface area contributed by atoms with Crippen LogP contribution in [0.1, 0.15) is 44.6 Å². The Balaban J connectivity index is 1.71. The van der Waals surface area contributed by atoms with Gasteiger partial charge in [-0.2, -0.15) is 0 Å². The number of anilines is 1. The summed E-state index contributed by atoms with van der Waals surface area (Å²) in [5.41, 5.74) is 5.77. The minimum atomic E-state index is -0.345. The summed E-state index contributed by atoms with van der Waals surface area (Å²) in [5.74, 6) is 0.878. The van der Waals surface area contributed by atoms with Crippen molar-refractivity contribution < 1.29 is 4.79 Å². The van der Waals surface area contributed by atoms with Crippen molar-refractivity contribution >= 4 is 17.7 Å². The van der Waals surface area contributed by atoms with Crippen LogP contribution in [0.3, 0.4) is 0 Å². The Morgan fingerprint density at radius 1 is 1.17 bits per heavy atom. The summed E-state index contributed by atoms with van der Waals surface area (Å²) in [6.45, 7) is 2.16. The van der Waals surface area contributed by atoms with Crippen LogP contribution in [0.15, 0.2) is 53.3 Å². The molecule has 4 aliphatic rings. The Labute approximate surface area is 137 Å². The highest BCUT2D eigenvalue weighted by atomic mass is 16.2. The Morgan fingerprint density at radius 2 is 2.04 bits per heavy atom. The number of hydrogen-bond donors (Lipinski definition) is 0. The fourth-order valence-corrected chi connectivity index (χ4v) is 4.92. The van der Waals surface area contributed by atoms with Crippen LogP contribution in [0, 0.1) is 11.3 Å². The van der Waals surface area contributed by atoms with Gasteiger partial charge in [-0.05, 0) is 61.8 Å². The first kappa shape index (κ1) is 13.4. The lowest BCUT2D eigenvalue weighted by Gasteiger charge is -2.38. The predicted octanol–water partition coefficient (Wildman–Crippen LogP) is 4.84. The Bertz CT molecular complexity index is 813. The number of amides is 1. The fourth-order valence-electron chi connectivity index (χ4n) is 4.92. The van der Waals surface area contributed by atoms with Crippen molar-refractivity contribution in [3.05, 3.63) is 58.8 Å². The normalized spacial score (nSPS) is 31.3. The van der Waals surface area contributed by atoms with Crippen molar-refractivity contribution in [2.75, 3.05) is 4.90 Å². The zero-order valence-corrected chi connectivity index (χ0v) is 13.5. The molecule has 2 aliphatic carbocycles. The van der Waals surface area contributed by atoms with Gasteiger partial charge in [-0.1, -0.05) is 42.3 Å². The maximum atomic E-state index is 13.4. The van der Waals surface area contributed by atoms with Gasteiger partial charge < -0.3 is 0 Å². The highest BCUT2D eigenvalue weighted by Gasteiger charge is 2.52. The summed E-state index contributed by atoms with van der Waals surface area (Å²) in [6, 6.07) is 8.21. The van der Waals surface area contributed by atoms with E-state index in [1.165, 1.54) is 31.3 Å². The monoisotopic (exact) mass is 303 g/mol. The van der Waals surface area contributed by atoms with Gasteiger partial charge in [0.2, 0.25) is 5.91 Å². The maximum Gasteiger partial charge on any atom is 0.242 e. The minimum absolute atomic E-state index is 0.264. The number of allylic oxidation sites excluding steroid dienone is 3. The van der Waals surface area contributed by atoms with Gasteiger partial charge in [-0.3, -0.25) is 9.69 Å². The van der Waals surface area contributed by atoms with E-state index in [9.17, 15) is 4.79 Å². The molecule has 1 fully saturated rings. The molecule has 1 aromatic rings. The number of carbonyl (C=O) groups is 1. The molecule has 2 atom stereocenters. The van der Waals surface area contributed by atoms with Gasteiger partial charge in [0.1, 0.15) is 0 Å². The number of para-hydroxylation sites is 1. The van der Waals surface area contributed by atoms with Gasteiger partial charge in [0.15, 0.2) is 0 Å². The smallest absolute Gasteiger partial charge is 0.242 e. The van der Waals surface area contributed by atoms with E-state index in [-0.39, 0.29) is 11.3 Å². The largest absolute Gasteiger partial charge is 0.279 e. The molecule has 0 aromatic heterocycles. The molecule has 0 N–H and O–H groups in total. The minimum Gasteiger partial charge on any atom is -0.279 e. The number of hydrogen-bond acceptors (Lipinski definition) is 1. The van der Waals surface area contributed by atoms with Crippen LogP contribution in [0.5, 0.6) is 0 Å². The molecule has 0 bridgehead atoms. The van der Waals surface area contributed by atoms with Crippen LogP contribution in [-0.4, -0.2) is 5.91 Å². The highest BCUT2D eigenvalue weighted by molar-refractivity contribution is 6.10. The summed E-state index contributed by atoms with van der Waals surface area (Å²) in [4.78, 5) is 15.3. The molecule has 1 amide bonds. The Morgan fingerprint density at radius 3 is 2.96 bits per heavy atom. The van der Waals surface area contributed by atoms with Crippen LogP contribution in [0.4, 0.5) is 5.69 Å². The second kappa shape index (κ2) is 4.47. The van der Waals surface area contributed by atoms with E-state index >= 15 is 0 Å². The number of carbonyl (C=O) groups excluding carboxylic acids is 1. The zero-order valence-electron chi connectivity index (χ0n) is 13.5. The van der Waals surface area contributed by atoms with Crippen molar-refractivity contribution in [3.8, 4) is 0 Å².